The molecule has 2 rings (SSSR count). The minimum atomic E-state index is -0.236. The number of ether oxygens (including phenoxy) is 2. The lowest BCUT2D eigenvalue weighted by Gasteiger charge is -2.20. The van der Waals surface area contributed by atoms with Crippen LogP contribution in [0.4, 0.5) is 4.39 Å². The van der Waals surface area contributed by atoms with Crippen LogP contribution >= 0.6 is 0 Å². The van der Waals surface area contributed by atoms with Crippen molar-refractivity contribution in [2.75, 3.05) is 20.3 Å². The van der Waals surface area contributed by atoms with Crippen LogP contribution in [-0.4, -0.2) is 26.4 Å². The van der Waals surface area contributed by atoms with Crippen LogP contribution in [0.3, 0.4) is 0 Å². The third kappa shape index (κ3) is 4.62. The van der Waals surface area contributed by atoms with E-state index in [1.54, 1.807) is 13.2 Å². The van der Waals surface area contributed by atoms with Crippen molar-refractivity contribution in [3.63, 3.8) is 0 Å². The van der Waals surface area contributed by atoms with Gasteiger partial charge in [0.05, 0.1) is 6.61 Å². The third-order valence-corrected chi connectivity index (χ3v) is 3.31. The molecule has 3 nitrogen and oxygen atoms in total. The van der Waals surface area contributed by atoms with Crippen LogP contribution in [-0.2, 0) is 11.3 Å². The number of allylic oxidation sites excluding steroid dienone is 1. The average molecular weight is 279 g/mol. The minimum Gasteiger partial charge on any atom is -0.486 e. The molecular weight excluding hydrogens is 257 g/mol. The van der Waals surface area contributed by atoms with Gasteiger partial charge >= 0.3 is 0 Å². The van der Waals surface area contributed by atoms with E-state index >= 15 is 0 Å². The largest absolute Gasteiger partial charge is 0.486 e. The fourth-order valence-electron chi connectivity index (χ4n) is 2.24. The van der Waals surface area contributed by atoms with E-state index in [1.807, 2.05) is 0 Å². The fourth-order valence-corrected chi connectivity index (χ4v) is 2.24. The topological polar surface area (TPSA) is 30.5 Å². The quantitative estimate of drug-likeness (QED) is 0.614. The molecular formula is C16H22FNO2. The van der Waals surface area contributed by atoms with E-state index in [0.29, 0.717) is 13.2 Å². The Hall–Kier alpha value is -1.39. The highest BCUT2D eigenvalue weighted by atomic mass is 19.1. The van der Waals surface area contributed by atoms with Crippen molar-refractivity contribution in [1.82, 2.24) is 5.32 Å². The number of halogens is 1. The Morgan fingerprint density at radius 1 is 1.40 bits per heavy atom. The van der Waals surface area contributed by atoms with Crippen molar-refractivity contribution in [3.05, 3.63) is 41.7 Å². The number of hydrogen-bond acceptors (Lipinski definition) is 3. The van der Waals surface area contributed by atoms with E-state index in [9.17, 15) is 4.39 Å². The molecule has 1 aromatic carbocycles. The average Bonchev–Trinajstić information content (AvgIpc) is 2.47. The first-order valence-electron chi connectivity index (χ1n) is 7.11. The van der Waals surface area contributed by atoms with E-state index < -0.39 is 0 Å². The number of hydrogen-bond donors (Lipinski definition) is 1. The first-order valence-corrected chi connectivity index (χ1v) is 7.11. The molecule has 0 heterocycles. The molecule has 0 aromatic heterocycles. The van der Waals surface area contributed by atoms with Gasteiger partial charge in [0.2, 0.25) is 0 Å². The summed E-state index contributed by atoms with van der Waals surface area (Å²) in [6.45, 7) is 1.94. The van der Waals surface area contributed by atoms with E-state index in [4.69, 9.17) is 9.47 Å². The van der Waals surface area contributed by atoms with E-state index in [2.05, 4.69) is 17.5 Å². The third-order valence-electron chi connectivity index (χ3n) is 3.31. The lowest BCUT2D eigenvalue weighted by Crippen LogP contribution is -2.21. The van der Waals surface area contributed by atoms with Gasteiger partial charge in [-0.05, 0) is 43.5 Å². The van der Waals surface area contributed by atoms with Gasteiger partial charge in [0.25, 0.3) is 0 Å². The lowest BCUT2D eigenvalue weighted by molar-refractivity contribution is 0.198. The second-order valence-electron chi connectivity index (χ2n) is 4.94. The van der Waals surface area contributed by atoms with Crippen molar-refractivity contribution in [1.29, 1.82) is 0 Å². The second kappa shape index (κ2) is 8.02. The van der Waals surface area contributed by atoms with Crippen LogP contribution in [0.1, 0.15) is 24.8 Å². The predicted molar refractivity (Wildman–Crippen MR) is 77.4 cm³/mol. The molecule has 0 radical (unpaired) electrons. The highest BCUT2D eigenvalue weighted by Gasteiger charge is 2.13. The van der Waals surface area contributed by atoms with Crippen molar-refractivity contribution < 1.29 is 13.9 Å². The van der Waals surface area contributed by atoms with Crippen LogP contribution in [0.2, 0.25) is 0 Å². The molecule has 0 aliphatic heterocycles. The van der Waals surface area contributed by atoms with Crippen molar-refractivity contribution in [2.45, 2.75) is 31.9 Å². The molecule has 0 spiro atoms. The highest BCUT2D eigenvalue weighted by molar-refractivity contribution is 5.34. The molecule has 110 valence electrons. The first kappa shape index (κ1) is 15.0. The molecule has 0 fully saturated rings. The van der Waals surface area contributed by atoms with Crippen LogP contribution in [0, 0.1) is 5.82 Å². The zero-order chi connectivity index (χ0) is 14.2. The van der Waals surface area contributed by atoms with Gasteiger partial charge in [-0.3, -0.25) is 0 Å². The molecule has 1 aliphatic rings. The maximum absolute atomic E-state index is 13.4. The molecule has 0 saturated carbocycles. The van der Waals surface area contributed by atoms with Gasteiger partial charge in [0, 0.05) is 25.8 Å². The summed E-state index contributed by atoms with van der Waals surface area (Å²) in [7, 11) is 1.66. The van der Waals surface area contributed by atoms with Gasteiger partial charge in [0.1, 0.15) is 17.7 Å². The van der Waals surface area contributed by atoms with Gasteiger partial charge in [-0.1, -0.05) is 6.08 Å². The zero-order valence-electron chi connectivity index (χ0n) is 11.9. The van der Waals surface area contributed by atoms with E-state index in [0.717, 1.165) is 37.1 Å². The van der Waals surface area contributed by atoms with Crippen LogP contribution < -0.4 is 10.1 Å². The summed E-state index contributed by atoms with van der Waals surface area (Å²) >= 11 is 0. The number of nitrogens with one attached hydrogen (secondary N) is 1. The van der Waals surface area contributed by atoms with Crippen molar-refractivity contribution >= 4 is 0 Å². The van der Waals surface area contributed by atoms with Crippen molar-refractivity contribution in [3.8, 4) is 5.75 Å². The molecule has 4 heteroatoms. The van der Waals surface area contributed by atoms with Crippen LogP contribution in [0.25, 0.3) is 0 Å². The smallest absolute Gasteiger partial charge is 0.124 e. The molecule has 0 bridgehead atoms. The molecule has 1 atom stereocenters. The summed E-state index contributed by atoms with van der Waals surface area (Å²) < 4.78 is 24.3. The Morgan fingerprint density at radius 3 is 3.05 bits per heavy atom. The van der Waals surface area contributed by atoms with Gasteiger partial charge in [0.15, 0.2) is 0 Å². The predicted octanol–water partition coefficient (Wildman–Crippen LogP) is 3.05. The Balaban J connectivity index is 1.99. The molecule has 0 saturated heterocycles. The van der Waals surface area contributed by atoms with Gasteiger partial charge in [-0.25, -0.2) is 4.39 Å². The summed E-state index contributed by atoms with van der Waals surface area (Å²) in [5.41, 5.74) is 0.847. The maximum Gasteiger partial charge on any atom is 0.124 e. The van der Waals surface area contributed by atoms with Gasteiger partial charge in [-0.15, -0.1) is 0 Å². The van der Waals surface area contributed by atoms with Crippen molar-refractivity contribution in [2.24, 2.45) is 0 Å². The fraction of sp³-hybridized carbons (Fsp3) is 0.500. The SMILES string of the molecule is COCCNCc1cc(F)ccc1OC1C=CCCC1. The highest BCUT2D eigenvalue weighted by Crippen LogP contribution is 2.24. The Labute approximate surface area is 119 Å². The normalized spacial score (nSPS) is 18.2. The summed E-state index contributed by atoms with van der Waals surface area (Å²) in [5, 5.41) is 3.22. The summed E-state index contributed by atoms with van der Waals surface area (Å²) in [4.78, 5) is 0. The number of rotatable bonds is 7. The monoisotopic (exact) mass is 279 g/mol. The number of benzene rings is 1. The summed E-state index contributed by atoms with van der Waals surface area (Å²) in [6, 6.07) is 4.69. The summed E-state index contributed by atoms with van der Waals surface area (Å²) in [6.07, 6.45) is 7.62. The zero-order valence-corrected chi connectivity index (χ0v) is 11.9. The molecule has 1 unspecified atom stereocenters. The van der Waals surface area contributed by atoms with Gasteiger partial charge in [-0.2, -0.15) is 0 Å². The minimum absolute atomic E-state index is 0.104. The number of methoxy groups -OCH3 is 1. The Bertz CT molecular complexity index is 448. The second-order valence-corrected chi connectivity index (χ2v) is 4.94. The van der Waals surface area contributed by atoms with E-state index in [-0.39, 0.29) is 11.9 Å². The molecule has 1 N–H and O–H groups in total. The molecule has 1 aromatic rings. The first-order chi connectivity index (χ1) is 9.79. The molecule has 1 aliphatic carbocycles. The van der Waals surface area contributed by atoms with E-state index in [1.165, 1.54) is 12.1 Å². The summed E-state index contributed by atoms with van der Waals surface area (Å²) in [5.74, 6) is 0.521. The van der Waals surface area contributed by atoms with Crippen LogP contribution in [0.15, 0.2) is 30.4 Å². The Kier molecular flexibility index (Phi) is 6.02. The Morgan fingerprint density at radius 2 is 2.30 bits per heavy atom. The maximum atomic E-state index is 13.4. The molecule has 0 amide bonds. The van der Waals surface area contributed by atoms with Gasteiger partial charge < -0.3 is 14.8 Å². The molecule has 20 heavy (non-hydrogen) atoms. The standard InChI is InChI=1S/C16H22FNO2/c1-19-10-9-18-12-13-11-14(17)7-8-16(13)20-15-5-3-2-4-6-15/h3,5,7-8,11,15,18H,2,4,6,9-10,12H2,1H3. The lowest BCUT2D eigenvalue weighted by atomic mass is 10.1. The van der Waals surface area contributed by atoms with Crippen LogP contribution in [0.5, 0.6) is 5.75 Å².